The zero-order chi connectivity index (χ0) is 17.0. The molecule has 2 aromatic rings. The van der Waals surface area contributed by atoms with E-state index in [1.54, 1.807) is 0 Å². The number of nitrogens with one attached hydrogen (secondary N) is 1. The molecule has 3 N–H and O–H groups in total. The molecule has 8 heteroatoms. The highest BCUT2D eigenvalue weighted by molar-refractivity contribution is 6.14. The lowest BCUT2D eigenvalue weighted by atomic mass is 10.0. The van der Waals surface area contributed by atoms with Crippen LogP contribution in [0.4, 0.5) is 15.8 Å². The molecule has 23 heavy (non-hydrogen) atoms. The van der Waals surface area contributed by atoms with Gasteiger partial charge in [-0.15, -0.1) is 0 Å². The van der Waals surface area contributed by atoms with Crippen LogP contribution in [0.3, 0.4) is 0 Å². The van der Waals surface area contributed by atoms with Crippen molar-refractivity contribution in [2.45, 2.75) is 0 Å². The van der Waals surface area contributed by atoms with E-state index < -0.39 is 22.4 Å². The maximum absolute atomic E-state index is 13.8. The summed E-state index contributed by atoms with van der Waals surface area (Å²) in [5.41, 5.74) is 4.43. The van der Waals surface area contributed by atoms with Gasteiger partial charge in [0.05, 0.1) is 28.3 Å². The van der Waals surface area contributed by atoms with Crippen LogP contribution in [-0.2, 0) is 4.79 Å². The van der Waals surface area contributed by atoms with E-state index in [4.69, 9.17) is 5.73 Å². The zero-order valence-electron chi connectivity index (χ0n) is 11.8. The summed E-state index contributed by atoms with van der Waals surface area (Å²) in [6, 6.07) is 8.56. The third-order valence-corrected chi connectivity index (χ3v) is 3.04. The van der Waals surface area contributed by atoms with Crippen LogP contribution in [0.2, 0.25) is 0 Å². The van der Waals surface area contributed by atoms with E-state index in [0.717, 1.165) is 18.2 Å². The van der Waals surface area contributed by atoms with Crippen molar-refractivity contribution >= 4 is 23.1 Å². The summed E-state index contributed by atoms with van der Waals surface area (Å²) in [6.07, 6.45) is 0. The molecule has 0 aliphatic heterocycles. The molecule has 0 heterocycles. The number of hydrogen-bond donors (Lipinski definition) is 2. The molecule has 0 atom stereocenters. The molecule has 0 unspecified atom stereocenters. The Hall–Kier alpha value is -3.13. The van der Waals surface area contributed by atoms with Crippen molar-refractivity contribution in [2.75, 3.05) is 11.9 Å². The molecule has 0 fully saturated rings. The van der Waals surface area contributed by atoms with Crippen molar-refractivity contribution in [1.82, 2.24) is 0 Å². The van der Waals surface area contributed by atoms with Gasteiger partial charge in [0.2, 0.25) is 5.91 Å². The van der Waals surface area contributed by atoms with E-state index in [0.29, 0.717) is 0 Å². The van der Waals surface area contributed by atoms with Gasteiger partial charge in [0.1, 0.15) is 5.82 Å². The summed E-state index contributed by atoms with van der Waals surface area (Å²) < 4.78 is 13.8. The number of hydrogen-bond acceptors (Lipinski definition) is 5. The van der Waals surface area contributed by atoms with E-state index in [1.165, 1.54) is 24.3 Å². The van der Waals surface area contributed by atoms with Crippen molar-refractivity contribution in [3.05, 3.63) is 69.5 Å². The van der Waals surface area contributed by atoms with E-state index in [2.05, 4.69) is 5.32 Å². The Labute approximate surface area is 130 Å². The van der Waals surface area contributed by atoms with Gasteiger partial charge < -0.3 is 11.1 Å². The Kier molecular flexibility index (Phi) is 4.77. The van der Waals surface area contributed by atoms with Crippen LogP contribution in [-0.4, -0.2) is 23.2 Å². The largest absolute Gasteiger partial charge is 0.324 e. The fourth-order valence-electron chi connectivity index (χ4n) is 1.93. The van der Waals surface area contributed by atoms with Crippen molar-refractivity contribution in [2.24, 2.45) is 5.73 Å². The third-order valence-electron chi connectivity index (χ3n) is 3.04. The van der Waals surface area contributed by atoms with Gasteiger partial charge in [-0.1, -0.05) is 12.1 Å². The zero-order valence-corrected chi connectivity index (χ0v) is 11.8. The first kappa shape index (κ1) is 16.2. The highest BCUT2D eigenvalue weighted by atomic mass is 19.1. The van der Waals surface area contributed by atoms with Crippen LogP contribution < -0.4 is 11.1 Å². The van der Waals surface area contributed by atoms with Crippen molar-refractivity contribution in [1.29, 1.82) is 0 Å². The molecule has 0 aromatic heterocycles. The van der Waals surface area contributed by atoms with E-state index in [9.17, 15) is 24.1 Å². The predicted molar refractivity (Wildman–Crippen MR) is 80.6 cm³/mol. The summed E-state index contributed by atoms with van der Waals surface area (Å²) >= 11 is 0. The summed E-state index contributed by atoms with van der Waals surface area (Å²) in [7, 11) is 0. The summed E-state index contributed by atoms with van der Waals surface area (Å²) in [5.74, 6) is -2.12. The Morgan fingerprint density at radius 1 is 1.17 bits per heavy atom. The lowest BCUT2D eigenvalue weighted by molar-refractivity contribution is -0.384. The molecular formula is C15H12FN3O4. The number of halogens is 1. The number of amides is 1. The minimum atomic E-state index is -0.779. The first-order valence-corrected chi connectivity index (χ1v) is 6.51. The smallest absolute Gasteiger partial charge is 0.270 e. The molecule has 7 nitrogen and oxygen atoms in total. The van der Waals surface area contributed by atoms with Crippen LogP contribution in [0.25, 0.3) is 0 Å². The molecule has 0 spiro atoms. The van der Waals surface area contributed by atoms with E-state index in [-0.39, 0.29) is 29.0 Å². The van der Waals surface area contributed by atoms with Crippen LogP contribution >= 0.6 is 0 Å². The number of rotatable bonds is 5. The van der Waals surface area contributed by atoms with Crippen LogP contribution in [0, 0.1) is 15.9 Å². The quantitative estimate of drug-likeness (QED) is 0.496. The first-order valence-electron chi connectivity index (χ1n) is 6.51. The maximum Gasteiger partial charge on any atom is 0.270 e. The average molecular weight is 317 g/mol. The molecule has 0 aliphatic carbocycles. The summed E-state index contributed by atoms with van der Waals surface area (Å²) in [4.78, 5) is 34.1. The van der Waals surface area contributed by atoms with Gasteiger partial charge in [0.15, 0.2) is 5.78 Å². The lowest BCUT2D eigenvalue weighted by Crippen LogP contribution is -2.23. The van der Waals surface area contributed by atoms with E-state index >= 15 is 0 Å². The molecule has 2 aromatic carbocycles. The number of ketones is 1. The van der Waals surface area contributed by atoms with Gasteiger partial charge in [-0.05, 0) is 18.2 Å². The summed E-state index contributed by atoms with van der Waals surface area (Å²) in [6.45, 7) is -0.329. The Morgan fingerprint density at radius 2 is 1.87 bits per heavy atom. The van der Waals surface area contributed by atoms with Crippen LogP contribution in [0.1, 0.15) is 15.9 Å². The second-order valence-corrected chi connectivity index (χ2v) is 4.55. The first-order chi connectivity index (χ1) is 10.9. The topological polar surface area (TPSA) is 115 Å². The Bertz CT molecular complexity index is 792. The fourth-order valence-corrected chi connectivity index (χ4v) is 1.93. The highest BCUT2D eigenvalue weighted by Crippen LogP contribution is 2.25. The molecule has 0 saturated heterocycles. The van der Waals surface area contributed by atoms with Crippen LogP contribution in [0.5, 0.6) is 0 Å². The number of nitro groups is 1. The molecule has 118 valence electrons. The van der Waals surface area contributed by atoms with Crippen LogP contribution in [0.15, 0.2) is 42.5 Å². The monoisotopic (exact) mass is 317 g/mol. The minimum absolute atomic E-state index is 0.0271. The second-order valence-electron chi connectivity index (χ2n) is 4.55. The number of carbonyl (C=O) groups excluding carboxylic acids is 2. The molecule has 1 amide bonds. The van der Waals surface area contributed by atoms with Gasteiger partial charge in [-0.2, -0.15) is 0 Å². The van der Waals surface area contributed by atoms with Crippen molar-refractivity contribution in [3.8, 4) is 0 Å². The molecular weight excluding hydrogens is 305 g/mol. The lowest BCUT2D eigenvalue weighted by Gasteiger charge is -2.10. The third kappa shape index (κ3) is 3.55. The second kappa shape index (κ2) is 6.75. The highest BCUT2D eigenvalue weighted by Gasteiger charge is 2.21. The normalized spacial score (nSPS) is 10.2. The molecule has 2 rings (SSSR count). The average Bonchev–Trinajstić information content (AvgIpc) is 2.54. The molecule has 0 radical (unpaired) electrons. The standard InChI is InChI=1S/C15H12FN3O4/c16-12-4-2-1-3-10(12)15(21)11-7-9(19(22)23)5-6-13(11)18-14(20)8-17/h1-7H,8,17H2,(H,18,20). The summed E-state index contributed by atoms with van der Waals surface area (Å²) in [5, 5.41) is 13.2. The molecule has 0 saturated carbocycles. The van der Waals surface area contributed by atoms with Crippen molar-refractivity contribution in [3.63, 3.8) is 0 Å². The number of nitrogens with two attached hydrogens (primary N) is 1. The fraction of sp³-hybridized carbons (Fsp3) is 0.0667. The number of nitrogens with zero attached hydrogens (tertiary/aromatic N) is 1. The van der Waals surface area contributed by atoms with Gasteiger partial charge in [-0.25, -0.2) is 4.39 Å². The molecule has 0 bridgehead atoms. The predicted octanol–water partition coefficient (Wildman–Crippen LogP) is 1.86. The molecule has 0 aliphatic rings. The minimum Gasteiger partial charge on any atom is -0.324 e. The SMILES string of the molecule is NCC(=O)Nc1ccc([N+](=O)[O-])cc1C(=O)c1ccccc1F. The Balaban J connectivity index is 2.55. The number of carbonyl (C=O) groups is 2. The van der Waals surface area contributed by atoms with Crippen molar-refractivity contribution < 1.29 is 18.9 Å². The number of anilines is 1. The Morgan fingerprint density at radius 3 is 2.48 bits per heavy atom. The maximum atomic E-state index is 13.8. The number of nitro benzene ring substituents is 1. The van der Waals surface area contributed by atoms with Gasteiger partial charge in [-0.3, -0.25) is 19.7 Å². The van der Waals surface area contributed by atoms with Gasteiger partial charge >= 0.3 is 0 Å². The number of non-ortho nitro benzene ring substituents is 1. The number of benzene rings is 2. The van der Waals surface area contributed by atoms with Gasteiger partial charge in [0.25, 0.3) is 5.69 Å². The van der Waals surface area contributed by atoms with E-state index in [1.807, 2.05) is 0 Å². The van der Waals surface area contributed by atoms with Gasteiger partial charge in [0, 0.05) is 12.1 Å².